The Morgan fingerprint density at radius 3 is 2.64 bits per heavy atom. The third-order valence-corrected chi connectivity index (χ3v) is 4.53. The third kappa shape index (κ3) is 3.29. The monoisotopic (exact) mass is 376 g/mol. The minimum Gasteiger partial charge on any atom is -0.348 e. The smallest absolute Gasteiger partial charge is 0.252 e. The molecule has 6 nitrogen and oxygen atoms in total. The minimum atomic E-state index is -0.321. The van der Waals surface area contributed by atoms with Gasteiger partial charge in [-0.2, -0.15) is 5.10 Å². The molecule has 0 spiro atoms. The van der Waals surface area contributed by atoms with Crippen LogP contribution in [-0.4, -0.2) is 20.3 Å². The van der Waals surface area contributed by atoms with E-state index in [0.29, 0.717) is 23.2 Å². The first kappa shape index (κ1) is 17.7. The second kappa shape index (κ2) is 7.11. The molecule has 1 amide bonds. The molecule has 0 fully saturated rings. The number of aromatic nitrogens is 3. The van der Waals surface area contributed by atoms with Crippen molar-refractivity contribution in [2.75, 3.05) is 0 Å². The number of pyridine rings is 1. The zero-order chi connectivity index (χ0) is 19.7. The van der Waals surface area contributed by atoms with Gasteiger partial charge in [-0.25, -0.2) is 9.07 Å². The van der Waals surface area contributed by atoms with E-state index < -0.39 is 0 Å². The summed E-state index contributed by atoms with van der Waals surface area (Å²) in [4.78, 5) is 24.2. The van der Waals surface area contributed by atoms with Gasteiger partial charge in [-0.05, 0) is 42.0 Å². The summed E-state index contributed by atoms with van der Waals surface area (Å²) in [6, 6.07) is 14.5. The standard InChI is InChI=1S/C21H17FN4O2/c1-25-13-14(5-10-20(25)27)11-23-21(28)17-3-2-4-19-18(17)12-24-26(19)16-8-6-15(22)7-9-16/h2-10,12-13H,11H2,1H3,(H,23,28). The number of halogens is 1. The molecule has 1 N–H and O–H groups in total. The first-order chi connectivity index (χ1) is 13.5. The summed E-state index contributed by atoms with van der Waals surface area (Å²) < 4.78 is 16.3. The maximum atomic E-state index is 13.2. The van der Waals surface area contributed by atoms with Crippen LogP contribution in [0.4, 0.5) is 4.39 Å². The Bertz CT molecular complexity index is 1230. The van der Waals surface area contributed by atoms with Gasteiger partial charge in [0.15, 0.2) is 0 Å². The van der Waals surface area contributed by atoms with Crippen LogP contribution in [0.5, 0.6) is 0 Å². The third-order valence-electron chi connectivity index (χ3n) is 4.53. The number of amides is 1. The molecule has 2 heterocycles. The van der Waals surface area contributed by atoms with Crippen molar-refractivity contribution in [1.29, 1.82) is 0 Å². The molecule has 0 aliphatic heterocycles. The number of hydrogen-bond donors (Lipinski definition) is 1. The van der Waals surface area contributed by atoms with E-state index in [4.69, 9.17) is 0 Å². The second-order valence-electron chi connectivity index (χ2n) is 6.44. The first-order valence-electron chi connectivity index (χ1n) is 8.69. The van der Waals surface area contributed by atoms with Crippen LogP contribution in [0.15, 0.2) is 71.8 Å². The van der Waals surface area contributed by atoms with Crippen molar-refractivity contribution < 1.29 is 9.18 Å². The van der Waals surface area contributed by atoms with E-state index in [9.17, 15) is 14.0 Å². The summed E-state index contributed by atoms with van der Waals surface area (Å²) in [5.74, 6) is -0.559. The predicted octanol–water partition coefficient (Wildman–Crippen LogP) is 2.79. The number of nitrogens with zero attached hydrogens (tertiary/aromatic N) is 3. The maximum Gasteiger partial charge on any atom is 0.252 e. The summed E-state index contributed by atoms with van der Waals surface area (Å²) >= 11 is 0. The van der Waals surface area contributed by atoms with E-state index in [0.717, 1.165) is 11.1 Å². The molecule has 0 bridgehead atoms. The van der Waals surface area contributed by atoms with E-state index in [-0.39, 0.29) is 17.3 Å². The fourth-order valence-electron chi connectivity index (χ4n) is 3.07. The summed E-state index contributed by atoms with van der Waals surface area (Å²) in [6.45, 7) is 0.301. The van der Waals surface area contributed by atoms with Crippen molar-refractivity contribution >= 4 is 16.8 Å². The molecule has 0 aliphatic carbocycles. The van der Waals surface area contributed by atoms with E-state index in [1.165, 1.54) is 22.8 Å². The topological polar surface area (TPSA) is 68.9 Å². The Kier molecular flexibility index (Phi) is 4.49. The normalized spacial score (nSPS) is 10.9. The largest absolute Gasteiger partial charge is 0.348 e. The van der Waals surface area contributed by atoms with Crippen molar-refractivity contribution in [2.45, 2.75) is 6.54 Å². The van der Waals surface area contributed by atoms with Crippen LogP contribution < -0.4 is 10.9 Å². The predicted molar refractivity (Wildman–Crippen MR) is 104 cm³/mol. The molecular weight excluding hydrogens is 359 g/mol. The van der Waals surface area contributed by atoms with Crippen LogP contribution in [0.2, 0.25) is 0 Å². The van der Waals surface area contributed by atoms with Crippen LogP contribution in [0.3, 0.4) is 0 Å². The second-order valence-corrected chi connectivity index (χ2v) is 6.44. The number of rotatable bonds is 4. The fourth-order valence-corrected chi connectivity index (χ4v) is 3.07. The molecule has 28 heavy (non-hydrogen) atoms. The van der Waals surface area contributed by atoms with Gasteiger partial charge in [-0.15, -0.1) is 0 Å². The molecule has 7 heteroatoms. The molecule has 0 saturated carbocycles. The molecule has 0 aliphatic rings. The number of nitrogens with one attached hydrogen (secondary N) is 1. The Morgan fingerprint density at radius 2 is 1.89 bits per heavy atom. The van der Waals surface area contributed by atoms with Gasteiger partial charge in [0.25, 0.3) is 5.91 Å². The summed E-state index contributed by atoms with van der Waals surface area (Å²) in [6.07, 6.45) is 3.32. The molecule has 0 atom stereocenters. The molecule has 0 unspecified atom stereocenters. The Balaban J connectivity index is 1.61. The molecule has 2 aromatic carbocycles. The summed E-state index contributed by atoms with van der Waals surface area (Å²) in [7, 11) is 1.66. The van der Waals surface area contributed by atoms with Crippen LogP contribution in [0, 0.1) is 5.82 Å². The highest BCUT2D eigenvalue weighted by atomic mass is 19.1. The van der Waals surface area contributed by atoms with Gasteiger partial charge >= 0.3 is 0 Å². The maximum absolute atomic E-state index is 13.2. The Hall–Kier alpha value is -3.74. The van der Waals surface area contributed by atoms with Gasteiger partial charge in [-0.1, -0.05) is 12.1 Å². The van der Waals surface area contributed by atoms with Crippen molar-refractivity contribution in [3.63, 3.8) is 0 Å². The zero-order valence-electron chi connectivity index (χ0n) is 15.1. The highest BCUT2D eigenvalue weighted by Gasteiger charge is 2.14. The number of hydrogen-bond acceptors (Lipinski definition) is 3. The lowest BCUT2D eigenvalue weighted by molar-refractivity contribution is 0.0952. The lowest BCUT2D eigenvalue weighted by Gasteiger charge is -2.08. The van der Waals surface area contributed by atoms with Gasteiger partial charge in [0.05, 0.1) is 23.0 Å². The van der Waals surface area contributed by atoms with Gasteiger partial charge < -0.3 is 9.88 Å². The summed E-state index contributed by atoms with van der Waals surface area (Å²) in [5, 5.41) is 7.92. The van der Waals surface area contributed by atoms with Gasteiger partial charge in [0, 0.05) is 31.2 Å². The van der Waals surface area contributed by atoms with Crippen molar-refractivity contribution in [1.82, 2.24) is 19.7 Å². The molecule has 4 rings (SSSR count). The highest BCUT2D eigenvalue weighted by Crippen LogP contribution is 2.22. The minimum absolute atomic E-state index is 0.104. The van der Waals surface area contributed by atoms with Gasteiger partial charge in [0.2, 0.25) is 5.56 Å². The fraction of sp³-hybridized carbons (Fsp3) is 0.0952. The van der Waals surface area contributed by atoms with Crippen LogP contribution >= 0.6 is 0 Å². The van der Waals surface area contributed by atoms with Gasteiger partial charge in [-0.3, -0.25) is 9.59 Å². The number of fused-ring (bicyclic) bond motifs is 1. The molecule has 4 aromatic rings. The zero-order valence-corrected chi connectivity index (χ0v) is 15.1. The lowest BCUT2D eigenvalue weighted by atomic mass is 10.1. The first-order valence-corrected chi connectivity index (χ1v) is 8.69. The van der Waals surface area contributed by atoms with E-state index in [1.807, 2.05) is 6.07 Å². The van der Waals surface area contributed by atoms with E-state index in [1.54, 1.807) is 54.5 Å². The van der Waals surface area contributed by atoms with Crippen LogP contribution in [0.25, 0.3) is 16.6 Å². The van der Waals surface area contributed by atoms with Crippen molar-refractivity contribution in [2.24, 2.45) is 7.05 Å². The van der Waals surface area contributed by atoms with Crippen LogP contribution in [-0.2, 0) is 13.6 Å². The molecular formula is C21H17FN4O2. The summed E-state index contributed by atoms with van der Waals surface area (Å²) in [5.41, 5.74) is 2.67. The average molecular weight is 376 g/mol. The van der Waals surface area contributed by atoms with E-state index in [2.05, 4.69) is 10.4 Å². The van der Waals surface area contributed by atoms with Crippen molar-refractivity contribution in [3.8, 4) is 5.69 Å². The Labute approximate surface area is 159 Å². The molecule has 140 valence electrons. The molecule has 0 radical (unpaired) electrons. The quantitative estimate of drug-likeness (QED) is 0.596. The van der Waals surface area contributed by atoms with E-state index >= 15 is 0 Å². The average Bonchev–Trinajstić information content (AvgIpc) is 3.13. The number of carbonyl (C=O) groups excluding carboxylic acids is 1. The Morgan fingerprint density at radius 1 is 1.11 bits per heavy atom. The number of aryl methyl sites for hydroxylation is 1. The molecule has 2 aromatic heterocycles. The SMILES string of the molecule is Cn1cc(CNC(=O)c2cccc3c2cnn3-c2ccc(F)cc2)ccc1=O. The number of benzene rings is 2. The lowest BCUT2D eigenvalue weighted by Crippen LogP contribution is -2.24. The van der Waals surface area contributed by atoms with Gasteiger partial charge in [0.1, 0.15) is 5.82 Å². The number of carbonyl (C=O) groups is 1. The van der Waals surface area contributed by atoms with Crippen LogP contribution in [0.1, 0.15) is 15.9 Å². The van der Waals surface area contributed by atoms with Crippen molar-refractivity contribution in [3.05, 3.63) is 94.3 Å². The molecule has 0 saturated heterocycles. The highest BCUT2D eigenvalue weighted by molar-refractivity contribution is 6.06.